The van der Waals surface area contributed by atoms with Crippen LogP contribution in [0.3, 0.4) is 0 Å². The number of carbonyl (C=O) groups excluding carboxylic acids is 2. The fourth-order valence-corrected chi connectivity index (χ4v) is 2.46. The van der Waals surface area contributed by atoms with Crippen LogP contribution in [0.2, 0.25) is 5.02 Å². The average molecular weight is 447 g/mol. The van der Waals surface area contributed by atoms with Crippen molar-refractivity contribution in [2.24, 2.45) is 0 Å². The number of alkyl halides is 3. The maximum Gasteiger partial charge on any atom is 0.416 e. The van der Waals surface area contributed by atoms with E-state index in [-0.39, 0.29) is 35.6 Å². The van der Waals surface area contributed by atoms with Gasteiger partial charge in [-0.3, -0.25) is 14.9 Å². The first-order chi connectivity index (χ1) is 14.0. The van der Waals surface area contributed by atoms with E-state index in [0.717, 1.165) is 30.3 Å². The summed E-state index contributed by atoms with van der Waals surface area (Å²) in [6.45, 7) is 1.04. The lowest BCUT2D eigenvalue weighted by atomic mass is 10.1. The Hall–Kier alpha value is -3.34. The molecule has 2 rings (SSSR count). The molecule has 0 saturated heterocycles. The Morgan fingerprint density at radius 2 is 1.90 bits per heavy atom. The standard InChI is InChI=1S/C18H14ClF3N2O6/c1-10(25)23-6-7-29-17(26)13-9-12(3-4-15(13)24(27)28)30-16-5-2-11(8-14(16)19)18(20,21)22/h2-5,8-9H,6-7H2,1H3,(H,23,25). The van der Waals surface area contributed by atoms with Crippen LogP contribution in [0.25, 0.3) is 0 Å². The quantitative estimate of drug-likeness (QED) is 0.293. The van der Waals surface area contributed by atoms with E-state index in [0.29, 0.717) is 6.07 Å². The minimum absolute atomic E-state index is 0.00617. The maximum absolute atomic E-state index is 12.7. The Kier molecular flexibility index (Phi) is 7.22. The summed E-state index contributed by atoms with van der Waals surface area (Å²) < 4.78 is 48.4. The highest BCUT2D eigenvalue weighted by atomic mass is 35.5. The van der Waals surface area contributed by atoms with Crippen molar-refractivity contribution in [3.63, 3.8) is 0 Å². The van der Waals surface area contributed by atoms with Gasteiger partial charge in [-0.15, -0.1) is 0 Å². The van der Waals surface area contributed by atoms with Gasteiger partial charge in [0.05, 0.1) is 22.1 Å². The molecule has 2 aromatic rings. The van der Waals surface area contributed by atoms with Crippen LogP contribution in [0.4, 0.5) is 18.9 Å². The Bertz CT molecular complexity index is 981. The van der Waals surface area contributed by atoms with Gasteiger partial charge < -0.3 is 14.8 Å². The molecule has 0 atom stereocenters. The Balaban J connectivity index is 2.24. The molecule has 8 nitrogen and oxygen atoms in total. The second kappa shape index (κ2) is 9.44. The number of benzene rings is 2. The van der Waals surface area contributed by atoms with Crippen molar-refractivity contribution in [3.8, 4) is 11.5 Å². The van der Waals surface area contributed by atoms with Crippen molar-refractivity contribution in [3.05, 3.63) is 62.7 Å². The number of halogens is 4. The lowest BCUT2D eigenvalue weighted by Gasteiger charge is -2.12. The van der Waals surface area contributed by atoms with Gasteiger partial charge in [-0.2, -0.15) is 13.2 Å². The number of nitrogens with one attached hydrogen (secondary N) is 1. The summed E-state index contributed by atoms with van der Waals surface area (Å²) in [6, 6.07) is 5.55. The van der Waals surface area contributed by atoms with Gasteiger partial charge in [0.1, 0.15) is 23.7 Å². The van der Waals surface area contributed by atoms with E-state index in [2.05, 4.69) is 5.32 Å². The molecule has 1 amide bonds. The van der Waals surface area contributed by atoms with Crippen LogP contribution in [0, 0.1) is 10.1 Å². The summed E-state index contributed by atoms with van der Waals surface area (Å²) in [5.74, 6) is -1.63. The van der Waals surface area contributed by atoms with Crippen LogP contribution in [0.1, 0.15) is 22.8 Å². The highest BCUT2D eigenvalue weighted by Crippen LogP contribution is 2.37. The highest BCUT2D eigenvalue weighted by molar-refractivity contribution is 6.32. The molecule has 0 aromatic heterocycles. The number of amides is 1. The number of nitrogens with zero attached hydrogens (tertiary/aromatic N) is 1. The second-order valence-electron chi connectivity index (χ2n) is 5.80. The summed E-state index contributed by atoms with van der Waals surface area (Å²) in [5, 5.41) is 13.2. The van der Waals surface area contributed by atoms with Crippen LogP contribution >= 0.6 is 11.6 Å². The summed E-state index contributed by atoms with van der Waals surface area (Å²) in [5.41, 5.74) is -1.99. The molecule has 2 aromatic carbocycles. The molecule has 0 spiro atoms. The third-order valence-electron chi connectivity index (χ3n) is 3.58. The topological polar surface area (TPSA) is 108 Å². The zero-order chi connectivity index (χ0) is 22.5. The minimum Gasteiger partial charge on any atom is -0.460 e. The molecule has 0 heterocycles. The summed E-state index contributed by atoms with van der Waals surface area (Å²) in [6.07, 6.45) is -4.59. The van der Waals surface area contributed by atoms with E-state index in [4.69, 9.17) is 21.1 Å². The Morgan fingerprint density at radius 1 is 1.20 bits per heavy atom. The molecule has 0 aliphatic heterocycles. The van der Waals surface area contributed by atoms with Crippen molar-refractivity contribution >= 4 is 29.2 Å². The first-order valence-electron chi connectivity index (χ1n) is 8.23. The molecule has 1 N–H and O–H groups in total. The van der Waals surface area contributed by atoms with Gasteiger partial charge >= 0.3 is 12.1 Å². The number of esters is 1. The van der Waals surface area contributed by atoms with Gasteiger partial charge in [0.15, 0.2) is 0 Å². The lowest BCUT2D eigenvalue weighted by Crippen LogP contribution is -2.25. The third-order valence-corrected chi connectivity index (χ3v) is 3.88. The lowest BCUT2D eigenvalue weighted by molar-refractivity contribution is -0.385. The van der Waals surface area contributed by atoms with Crippen molar-refractivity contribution in [2.45, 2.75) is 13.1 Å². The largest absolute Gasteiger partial charge is 0.460 e. The molecule has 0 aliphatic carbocycles. The molecule has 0 saturated carbocycles. The number of hydrogen-bond donors (Lipinski definition) is 1. The molecule has 0 unspecified atom stereocenters. The number of hydrogen-bond acceptors (Lipinski definition) is 6. The van der Waals surface area contributed by atoms with Crippen molar-refractivity contribution in [2.75, 3.05) is 13.2 Å². The monoisotopic (exact) mass is 446 g/mol. The molecule has 0 radical (unpaired) electrons. The average Bonchev–Trinajstić information content (AvgIpc) is 2.65. The summed E-state index contributed by atoms with van der Waals surface area (Å²) >= 11 is 5.82. The van der Waals surface area contributed by atoms with E-state index in [1.54, 1.807) is 0 Å². The Morgan fingerprint density at radius 3 is 2.47 bits per heavy atom. The summed E-state index contributed by atoms with van der Waals surface area (Å²) in [4.78, 5) is 33.4. The number of nitro groups is 1. The van der Waals surface area contributed by atoms with Crippen molar-refractivity contribution < 1.29 is 37.2 Å². The SMILES string of the molecule is CC(=O)NCCOC(=O)c1cc(Oc2ccc(C(F)(F)F)cc2Cl)ccc1[N+](=O)[O-]. The summed E-state index contributed by atoms with van der Waals surface area (Å²) in [7, 11) is 0. The smallest absolute Gasteiger partial charge is 0.416 e. The van der Waals surface area contributed by atoms with E-state index in [1.807, 2.05) is 0 Å². The van der Waals surface area contributed by atoms with Gasteiger partial charge in [0.25, 0.3) is 5.69 Å². The van der Waals surface area contributed by atoms with Crippen LogP contribution in [0.5, 0.6) is 11.5 Å². The second-order valence-corrected chi connectivity index (χ2v) is 6.21. The van der Waals surface area contributed by atoms with E-state index in [1.165, 1.54) is 6.92 Å². The van der Waals surface area contributed by atoms with Crippen molar-refractivity contribution in [1.29, 1.82) is 0 Å². The zero-order valence-electron chi connectivity index (χ0n) is 15.3. The first-order valence-corrected chi connectivity index (χ1v) is 8.61. The maximum atomic E-state index is 12.7. The molecule has 160 valence electrons. The predicted octanol–water partition coefficient (Wildman–Crippen LogP) is 4.35. The zero-order valence-corrected chi connectivity index (χ0v) is 16.0. The Labute approximate surface area is 172 Å². The van der Waals surface area contributed by atoms with Gasteiger partial charge in [0.2, 0.25) is 5.91 Å². The molecule has 0 fully saturated rings. The molecule has 0 bridgehead atoms. The van der Waals surface area contributed by atoms with Gasteiger partial charge in [-0.25, -0.2) is 4.79 Å². The molecular weight excluding hydrogens is 433 g/mol. The van der Waals surface area contributed by atoms with Gasteiger partial charge in [0, 0.05) is 19.1 Å². The van der Waals surface area contributed by atoms with Crippen LogP contribution in [0.15, 0.2) is 36.4 Å². The molecule has 30 heavy (non-hydrogen) atoms. The van der Waals surface area contributed by atoms with Crippen LogP contribution < -0.4 is 10.1 Å². The van der Waals surface area contributed by atoms with Crippen molar-refractivity contribution in [1.82, 2.24) is 5.32 Å². The highest BCUT2D eigenvalue weighted by Gasteiger charge is 2.31. The van der Waals surface area contributed by atoms with Crippen LogP contribution in [-0.2, 0) is 15.7 Å². The molecule has 12 heteroatoms. The van der Waals surface area contributed by atoms with Gasteiger partial charge in [-0.1, -0.05) is 11.6 Å². The molecule has 0 aliphatic rings. The fourth-order valence-electron chi connectivity index (χ4n) is 2.24. The van der Waals surface area contributed by atoms with Gasteiger partial charge in [-0.05, 0) is 24.3 Å². The van der Waals surface area contributed by atoms with E-state index in [9.17, 15) is 32.9 Å². The first kappa shape index (κ1) is 22.9. The fraction of sp³-hybridized carbons (Fsp3) is 0.222. The minimum atomic E-state index is -4.59. The van der Waals surface area contributed by atoms with E-state index < -0.39 is 33.9 Å². The predicted molar refractivity (Wildman–Crippen MR) is 98.6 cm³/mol. The van der Waals surface area contributed by atoms with E-state index >= 15 is 0 Å². The number of nitro benzene ring substituents is 1. The normalized spacial score (nSPS) is 11.0. The number of ether oxygens (including phenoxy) is 2. The molecular formula is C18H14ClF3N2O6. The number of rotatable bonds is 7. The third kappa shape index (κ3) is 6.08. The van der Waals surface area contributed by atoms with Crippen LogP contribution in [-0.4, -0.2) is 30.0 Å². The number of carbonyl (C=O) groups is 2.